The lowest BCUT2D eigenvalue weighted by molar-refractivity contribution is -0.139. The number of carbonyl (C=O) groups excluding carboxylic acids is 2. The zero-order valence-electron chi connectivity index (χ0n) is 28.8. The van der Waals surface area contributed by atoms with Crippen LogP contribution in [0.25, 0.3) is 0 Å². The average Bonchev–Trinajstić information content (AvgIpc) is 3.55. The number of hydrogen-bond donors (Lipinski definition) is 0. The molecule has 0 radical (unpaired) electrons. The lowest BCUT2D eigenvalue weighted by Gasteiger charge is -2.21. The van der Waals surface area contributed by atoms with Crippen molar-refractivity contribution in [2.45, 2.75) is 89.0 Å². The summed E-state index contributed by atoms with van der Waals surface area (Å²) in [6, 6.07) is 25.0. The van der Waals surface area contributed by atoms with E-state index in [2.05, 4.69) is 0 Å². The summed E-state index contributed by atoms with van der Waals surface area (Å²) in [5, 5.41) is 0. The van der Waals surface area contributed by atoms with E-state index < -0.39 is 11.6 Å². The number of ketones is 2. The van der Waals surface area contributed by atoms with Crippen LogP contribution in [0.3, 0.4) is 0 Å². The zero-order valence-corrected chi connectivity index (χ0v) is 28.8. The van der Waals surface area contributed by atoms with E-state index in [4.69, 9.17) is 18.9 Å². The molecule has 4 aromatic rings. The van der Waals surface area contributed by atoms with Crippen molar-refractivity contribution in [3.63, 3.8) is 0 Å². The average molecular weight is 681 g/mol. The summed E-state index contributed by atoms with van der Waals surface area (Å²) in [7, 11) is 0. The van der Waals surface area contributed by atoms with Gasteiger partial charge in [0.1, 0.15) is 11.6 Å². The van der Waals surface area contributed by atoms with Crippen molar-refractivity contribution in [2.75, 3.05) is 13.2 Å². The quantitative estimate of drug-likeness (QED) is 0.215. The van der Waals surface area contributed by atoms with Gasteiger partial charge < -0.3 is 18.9 Å². The molecule has 4 atom stereocenters. The van der Waals surface area contributed by atoms with Gasteiger partial charge in [0.25, 0.3) is 0 Å². The predicted octanol–water partition coefficient (Wildman–Crippen LogP) is 8.48. The van der Waals surface area contributed by atoms with Gasteiger partial charge in [-0.25, -0.2) is 8.78 Å². The van der Waals surface area contributed by atoms with Gasteiger partial charge >= 0.3 is 0 Å². The third-order valence-corrected chi connectivity index (χ3v) is 10.1. The zero-order chi connectivity index (χ0) is 35.2. The molecule has 2 heterocycles. The van der Waals surface area contributed by atoms with Gasteiger partial charge in [0.2, 0.25) is 0 Å². The highest BCUT2D eigenvalue weighted by Gasteiger charge is 2.39. The Morgan fingerprint density at radius 3 is 1.36 bits per heavy atom. The fourth-order valence-electron chi connectivity index (χ4n) is 7.76. The minimum absolute atomic E-state index is 0.0345. The molecule has 50 heavy (non-hydrogen) atoms. The van der Waals surface area contributed by atoms with Crippen molar-refractivity contribution in [1.29, 1.82) is 0 Å². The monoisotopic (exact) mass is 680 g/mol. The molecule has 0 unspecified atom stereocenters. The molecule has 2 fully saturated rings. The molecule has 8 heteroatoms. The highest BCUT2D eigenvalue weighted by molar-refractivity contribution is 6.04. The summed E-state index contributed by atoms with van der Waals surface area (Å²) in [5.41, 5.74) is 6.98. The van der Waals surface area contributed by atoms with Crippen LogP contribution in [-0.4, -0.2) is 48.6 Å². The summed E-state index contributed by atoms with van der Waals surface area (Å²) in [4.78, 5) is 26.5. The fourth-order valence-corrected chi connectivity index (χ4v) is 7.76. The number of rotatable bonds is 4. The molecule has 0 saturated carbocycles. The molecule has 2 aliphatic carbocycles. The Bertz CT molecular complexity index is 1790. The fraction of sp³-hybridized carbons (Fsp3) is 0.381. The largest absolute Gasteiger partial charge is 0.348 e. The van der Waals surface area contributed by atoms with E-state index in [1.54, 1.807) is 12.1 Å². The van der Waals surface area contributed by atoms with Gasteiger partial charge in [-0.05, 0) is 111 Å². The summed E-state index contributed by atoms with van der Waals surface area (Å²) in [6.45, 7) is 8.44. The second kappa shape index (κ2) is 13.6. The van der Waals surface area contributed by atoms with E-state index >= 15 is 0 Å². The third kappa shape index (κ3) is 7.21. The van der Waals surface area contributed by atoms with E-state index in [0.717, 1.165) is 33.4 Å². The van der Waals surface area contributed by atoms with Crippen molar-refractivity contribution >= 4 is 11.6 Å². The van der Waals surface area contributed by atoms with Crippen molar-refractivity contribution in [1.82, 2.24) is 0 Å². The van der Waals surface area contributed by atoms with E-state index in [-0.39, 0.29) is 47.2 Å². The number of halogens is 2. The lowest BCUT2D eigenvalue weighted by Crippen LogP contribution is -2.24. The van der Waals surface area contributed by atoms with Gasteiger partial charge in [-0.15, -0.1) is 0 Å². The SMILES string of the molecule is CC1(C)OC[C@@H](C[C@@H]2C(=O)c3cc(F)ccc3Cc3ccccc32)O1.CC1(C)OC[C@@H](C[C@H]2C(=O)c3cc(F)ccc3Cc3ccccc32)O1. The number of hydrogen-bond acceptors (Lipinski definition) is 6. The van der Waals surface area contributed by atoms with E-state index in [0.29, 0.717) is 50.0 Å². The minimum atomic E-state index is -0.623. The molecular weight excluding hydrogens is 638 g/mol. The molecule has 260 valence electrons. The second-order valence-electron chi connectivity index (χ2n) is 14.6. The second-order valence-corrected chi connectivity index (χ2v) is 14.6. The maximum Gasteiger partial charge on any atom is 0.170 e. The Morgan fingerprint density at radius 1 is 0.580 bits per heavy atom. The van der Waals surface area contributed by atoms with Crippen LogP contribution >= 0.6 is 0 Å². The Morgan fingerprint density at radius 2 is 0.980 bits per heavy atom. The van der Waals surface area contributed by atoms with Gasteiger partial charge in [-0.2, -0.15) is 0 Å². The van der Waals surface area contributed by atoms with Gasteiger partial charge in [0, 0.05) is 11.1 Å². The molecule has 2 aliphatic heterocycles. The van der Waals surface area contributed by atoms with Gasteiger partial charge in [0.05, 0.1) is 37.3 Å². The van der Waals surface area contributed by atoms with E-state index in [9.17, 15) is 18.4 Å². The molecule has 4 aliphatic rings. The number of Topliss-reactive ketones (excluding diaryl/α,β-unsaturated/α-hetero) is 2. The van der Waals surface area contributed by atoms with E-state index in [1.807, 2.05) is 76.2 Å². The summed E-state index contributed by atoms with van der Waals surface area (Å²) < 4.78 is 50.7. The number of ether oxygens (including phenoxy) is 4. The first-order valence-electron chi connectivity index (χ1n) is 17.3. The highest BCUT2D eigenvalue weighted by atomic mass is 19.1. The first-order chi connectivity index (χ1) is 23.9. The first kappa shape index (κ1) is 34.4. The maximum absolute atomic E-state index is 13.8. The van der Waals surface area contributed by atoms with Gasteiger partial charge in [0.15, 0.2) is 23.1 Å². The topological polar surface area (TPSA) is 71.1 Å². The van der Waals surface area contributed by atoms with Crippen molar-refractivity contribution < 1.29 is 37.3 Å². The molecule has 0 amide bonds. The predicted molar refractivity (Wildman–Crippen MR) is 184 cm³/mol. The number of carbonyl (C=O) groups is 2. The van der Waals surface area contributed by atoms with Crippen molar-refractivity contribution in [3.8, 4) is 0 Å². The van der Waals surface area contributed by atoms with Crippen LogP contribution in [0.1, 0.15) is 106 Å². The lowest BCUT2D eigenvalue weighted by atomic mass is 9.86. The number of benzene rings is 4. The Balaban J connectivity index is 0.000000157. The highest BCUT2D eigenvalue weighted by Crippen LogP contribution is 2.39. The van der Waals surface area contributed by atoms with Crippen LogP contribution in [0.15, 0.2) is 84.9 Å². The standard InChI is InChI=1S/2C21H21FO3/c2*1-21(2)24-12-16(25-21)11-19-17-6-4-3-5-13(17)9-14-7-8-15(22)10-18(14)20(19)23/h2*3-8,10,16,19H,9,11-12H2,1-2H3/t16-,19+;16-,19-/m11/s1. The van der Waals surface area contributed by atoms with Gasteiger partial charge in [-0.1, -0.05) is 60.7 Å². The molecule has 0 N–H and O–H groups in total. The summed E-state index contributed by atoms with van der Waals surface area (Å²) in [6.07, 6.45) is 2.06. The normalized spacial score (nSPS) is 24.5. The Kier molecular flexibility index (Phi) is 9.33. The number of fused-ring (bicyclic) bond motifs is 4. The molecule has 2 saturated heterocycles. The van der Waals surface area contributed by atoms with Crippen molar-refractivity contribution in [3.05, 3.63) is 141 Å². The van der Waals surface area contributed by atoms with Crippen molar-refractivity contribution in [2.24, 2.45) is 0 Å². The molecule has 8 rings (SSSR count). The first-order valence-corrected chi connectivity index (χ1v) is 17.3. The maximum atomic E-state index is 13.8. The van der Waals surface area contributed by atoms with Crippen LogP contribution < -0.4 is 0 Å². The molecule has 0 bridgehead atoms. The summed E-state index contributed by atoms with van der Waals surface area (Å²) >= 11 is 0. The van der Waals surface area contributed by atoms with Gasteiger partial charge in [-0.3, -0.25) is 9.59 Å². The van der Waals surface area contributed by atoms with Crippen LogP contribution in [0.2, 0.25) is 0 Å². The Labute approximate surface area is 291 Å². The van der Waals surface area contributed by atoms with Crippen LogP contribution in [0.4, 0.5) is 8.78 Å². The smallest absolute Gasteiger partial charge is 0.170 e. The van der Waals surface area contributed by atoms with Crippen LogP contribution in [0.5, 0.6) is 0 Å². The minimum Gasteiger partial charge on any atom is -0.348 e. The molecule has 0 spiro atoms. The van der Waals surface area contributed by atoms with E-state index in [1.165, 1.54) is 24.3 Å². The third-order valence-electron chi connectivity index (χ3n) is 10.1. The van der Waals surface area contributed by atoms with Crippen LogP contribution in [-0.2, 0) is 31.8 Å². The molecule has 4 aromatic carbocycles. The molecular formula is C42H42F2O6. The Hall–Kier alpha value is -4.08. The molecule has 6 nitrogen and oxygen atoms in total. The summed E-state index contributed by atoms with van der Waals surface area (Å²) in [5.74, 6) is -2.76. The molecule has 0 aromatic heterocycles. The van der Waals surface area contributed by atoms with Crippen LogP contribution in [0, 0.1) is 11.6 Å².